The fourth-order valence-electron chi connectivity index (χ4n) is 3.55. The molecule has 2 aromatic rings. The molecule has 0 aliphatic carbocycles. The van der Waals surface area contributed by atoms with Gasteiger partial charge in [0.2, 0.25) is 0 Å². The molecule has 1 aliphatic heterocycles. The van der Waals surface area contributed by atoms with E-state index in [4.69, 9.17) is 0 Å². The third kappa shape index (κ3) is 5.15. The van der Waals surface area contributed by atoms with E-state index in [2.05, 4.69) is 21.2 Å². The molecule has 1 saturated heterocycles. The van der Waals surface area contributed by atoms with Gasteiger partial charge >= 0.3 is 6.03 Å². The van der Waals surface area contributed by atoms with Gasteiger partial charge in [0.15, 0.2) is 0 Å². The van der Waals surface area contributed by atoms with Crippen LogP contribution in [0, 0.1) is 12.7 Å². The standard InChI is InChI=1S/C22H25BrFN3O2/c1-15-19(5-3-6-20(15)23)16(2)25-22(29)27-12-4-11-26(13-14-27)21(28)17-7-9-18(24)10-8-17/h3,5-10,16H,4,11-14H2,1-2H3,(H,25,29). The van der Waals surface area contributed by atoms with Crippen molar-refractivity contribution in [1.82, 2.24) is 15.1 Å². The Morgan fingerprint density at radius 1 is 1.03 bits per heavy atom. The van der Waals surface area contributed by atoms with Gasteiger partial charge in [0.05, 0.1) is 6.04 Å². The summed E-state index contributed by atoms with van der Waals surface area (Å²) in [5.41, 5.74) is 2.63. The molecule has 1 fully saturated rings. The van der Waals surface area contributed by atoms with Crippen molar-refractivity contribution in [2.24, 2.45) is 0 Å². The van der Waals surface area contributed by atoms with E-state index in [0.717, 1.165) is 15.6 Å². The van der Waals surface area contributed by atoms with Gasteiger partial charge in [-0.05, 0) is 61.7 Å². The highest BCUT2D eigenvalue weighted by molar-refractivity contribution is 9.10. The van der Waals surface area contributed by atoms with Gasteiger partial charge in [0.25, 0.3) is 5.91 Å². The van der Waals surface area contributed by atoms with Crippen LogP contribution in [0.25, 0.3) is 0 Å². The van der Waals surface area contributed by atoms with Crippen LogP contribution in [0.2, 0.25) is 0 Å². The average Bonchev–Trinajstić information content (AvgIpc) is 2.96. The molecule has 0 radical (unpaired) electrons. The molecule has 1 aliphatic rings. The van der Waals surface area contributed by atoms with Crippen LogP contribution in [0.4, 0.5) is 9.18 Å². The van der Waals surface area contributed by atoms with Gasteiger partial charge in [-0.2, -0.15) is 0 Å². The summed E-state index contributed by atoms with van der Waals surface area (Å²) in [5.74, 6) is -0.500. The zero-order valence-electron chi connectivity index (χ0n) is 16.6. The monoisotopic (exact) mass is 461 g/mol. The fourth-order valence-corrected chi connectivity index (χ4v) is 3.93. The van der Waals surface area contributed by atoms with Crippen LogP contribution in [0.15, 0.2) is 46.9 Å². The van der Waals surface area contributed by atoms with Crippen molar-refractivity contribution in [3.8, 4) is 0 Å². The number of hydrogen-bond donors (Lipinski definition) is 1. The Balaban J connectivity index is 1.60. The van der Waals surface area contributed by atoms with Gasteiger partial charge in [-0.15, -0.1) is 0 Å². The number of benzene rings is 2. The lowest BCUT2D eigenvalue weighted by atomic mass is 10.0. The number of hydrogen-bond acceptors (Lipinski definition) is 2. The number of carbonyl (C=O) groups is 2. The smallest absolute Gasteiger partial charge is 0.317 e. The summed E-state index contributed by atoms with van der Waals surface area (Å²) in [6.45, 7) is 6.06. The number of carbonyl (C=O) groups excluding carboxylic acids is 2. The summed E-state index contributed by atoms with van der Waals surface area (Å²) in [5, 5.41) is 3.06. The van der Waals surface area contributed by atoms with E-state index in [0.29, 0.717) is 38.2 Å². The first-order valence-corrected chi connectivity index (χ1v) is 10.5. The summed E-state index contributed by atoms with van der Waals surface area (Å²) in [6, 6.07) is 11.3. The highest BCUT2D eigenvalue weighted by atomic mass is 79.9. The van der Waals surface area contributed by atoms with E-state index in [1.165, 1.54) is 24.3 Å². The molecule has 0 spiro atoms. The summed E-state index contributed by atoms with van der Waals surface area (Å²) < 4.78 is 14.1. The van der Waals surface area contributed by atoms with Gasteiger partial charge in [-0.25, -0.2) is 9.18 Å². The molecule has 3 rings (SSSR count). The molecule has 5 nitrogen and oxygen atoms in total. The van der Waals surface area contributed by atoms with E-state index in [-0.39, 0.29) is 23.8 Å². The van der Waals surface area contributed by atoms with Crippen molar-refractivity contribution < 1.29 is 14.0 Å². The molecule has 154 valence electrons. The maximum Gasteiger partial charge on any atom is 0.317 e. The molecule has 7 heteroatoms. The fraction of sp³-hybridized carbons (Fsp3) is 0.364. The highest BCUT2D eigenvalue weighted by Gasteiger charge is 2.24. The summed E-state index contributed by atoms with van der Waals surface area (Å²) in [4.78, 5) is 28.9. The first kappa shape index (κ1) is 21.3. The quantitative estimate of drug-likeness (QED) is 0.730. The Morgan fingerprint density at radius 3 is 2.41 bits per heavy atom. The third-order valence-corrected chi connectivity index (χ3v) is 6.14. The first-order valence-electron chi connectivity index (χ1n) is 9.72. The molecule has 29 heavy (non-hydrogen) atoms. The Kier molecular flexibility index (Phi) is 6.90. The van der Waals surface area contributed by atoms with Crippen molar-refractivity contribution in [3.05, 3.63) is 69.4 Å². The molecule has 1 atom stereocenters. The maximum atomic E-state index is 13.1. The molecular weight excluding hydrogens is 437 g/mol. The van der Waals surface area contributed by atoms with Gasteiger partial charge in [-0.1, -0.05) is 28.1 Å². The molecule has 1 heterocycles. The number of halogens is 2. The Morgan fingerprint density at radius 2 is 1.69 bits per heavy atom. The minimum absolute atomic E-state index is 0.125. The van der Waals surface area contributed by atoms with Gasteiger partial charge in [0.1, 0.15) is 5.82 Å². The lowest BCUT2D eigenvalue weighted by Gasteiger charge is -2.25. The first-order chi connectivity index (χ1) is 13.9. The Labute approximate surface area is 179 Å². The molecule has 1 N–H and O–H groups in total. The number of nitrogens with zero attached hydrogens (tertiary/aromatic N) is 2. The molecule has 1 unspecified atom stereocenters. The second-order valence-electron chi connectivity index (χ2n) is 7.26. The van der Waals surface area contributed by atoms with E-state index < -0.39 is 0 Å². The van der Waals surface area contributed by atoms with Crippen LogP contribution in [-0.2, 0) is 0 Å². The van der Waals surface area contributed by atoms with Crippen molar-refractivity contribution in [3.63, 3.8) is 0 Å². The lowest BCUT2D eigenvalue weighted by molar-refractivity contribution is 0.0762. The third-order valence-electron chi connectivity index (χ3n) is 5.28. The number of nitrogens with one attached hydrogen (secondary N) is 1. The van der Waals surface area contributed by atoms with Crippen molar-refractivity contribution in [2.75, 3.05) is 26.2 Å². The second-order valence-corrected chi connectivity index (χ2v) is 8.12. The molecular formula is C22H25BrFN3O2. The predicted octanol–water partition coefficient (Wildman–Crippen LogP) is 4.52. The van der Waals surface area contributed by atoms with E-state index in [9.17, 15) is 14.0 Å². The van der Waals surface area contributed by atoms with Crippen LogP contribution in [0.3, 0.4) is 0 Å². The molecule has 2 aromatic carbocycles. The van der Waals surface area contributed by atoms with Crippen LogP contribution in [-0.4, -0.2) is 47.9 Å². The van der Waals surface area contributed by atoms with Crippen molar-refractivity contribution in [1.29, 1.82) is 0 Å². The van der Waals surface area contributed by atoms with E-state index >= 15 is 0 Å². The minimum Gasteiger partial charge on any atom is -0.337 e. The second kappa shape index (κ2) is 9.39. The highest BCUT2D eigenvalue weighted by Crippen LogP contribution is 2.24. The lowest BCUT2D eigenvalue weighted by Crippen LogP contribution is -2.43. The predicted molar refractivity (Wildman–Crippen MR) is 114 cm³/mol. The van der Waals surface area contributed by atoms with Gasteiger partial charge in [0, 0.05) is 36.2 Å². The van der Waals surface area contributed by atoms with Crippen LogP contribution < -0.4 is 5.32 Å². The topological polar surface area (TPSA) is 52.7 Å². The molecule has 3 amide bonds. The minimum atomic E-state index is -0.366. The Hall–Kier alpha value is -2.41. The largest absolute Gasteiger partial charge is 0.337 e. The molecule has 0 aromatic heterocycles. The number of amides is 3. The number of rotatable bonds is 3. The van der Waals surface area contributed by atoms with Crippen LogP contribution in [0.5, 0.6) is 0 Å². The number of urea groups is 1. The zero-order chi connectivity index (χ0) is 21.0. The summed E-state index contributed by atoms with van der Waals surface area (Å²) >= 11 is 3.53. The van der Waals surface area contributed by atoms with E-state index in [1.807, 2.05) is 32.0 Å². The SMILES string of the molecule is Cc1c(Br)cccc1C(C)NC(=O)N1CCCN(C(=O)c2ccc(F)cc2)CC1. The summed E-state index contributed by atoms with van der Waals surface area (Å²) in [6.07, 6.45) is 0.699. The zero-order valence-corrected chi connectivity index (χ0v) is 18.2. The normalized spacial score (nSPS) is 15.6. The molecule has 0 bridgehead atoms. The maximum absolute atomic E-state index is 13.1. The van der Waals surface area contributed by atoms with Gasteiger partial charge < -0.3 is 15.1 Å². The van der Waals surface area contributed by atoms with Crippen molar-refractivity contribution >= 4 is 27.9 Å². The molecule has 0 saturated carbocycles. The van der Waals surface area contributed by atoms with Crippen LogP contribution >= 0.6 is 15.9 Å². The van der Waals surface area contributed by atoms with Gasteiger partial charge in [-0.3, -0.25) is 4.79 Å². The Bertz CT molecular complexity index is 888. The van der Waals surface area contributed by atoms with Crippen LogP contribution in [0.1, 0.15) is 40.9 Å². The van der Waals surface area contributed by atoms with Crippen molar-refractivity contribution in [2.45, 2.75) is 26.3 Å². The average molecular weight is 462 g/mol. The van der Waals surface area contributed by atoms with E-state index in [1.54, 1.807) is 9.80 Å². The summed E-state index contributed by atoms with van der Waals surface area (Å²) in [7, 11) is 0.